The zero-order chi connectivity index (χ0) is 22.4. The fourth-order valence-corrected chi connectivity index (χ4v) is 3.21. The van der Waals surface area contributed by atoms with Crippen LogP contribution in [-0.2, 0) is 11.2 Å². The first-order valence-corrected chi connectivity index (χ1v) is 10.5. The molecule has 0 aliphatic heterocycles. The quantitative estimate of drug-likeness (QED) is 0.397. The number of carbonyl (C=O) groups is 1. The summed E-state index contributed by atoms with van der Waals surface area (Å²) in [5.74, 6) is 1.39. The van der Waals surface area contributed by atoms with Gasteiger partial charge < -0.3 is 9.72 Å². The van der Waals surface area contributed by atoms with Crippen LogP contribution in [0.3, 0.4) is 0 Å². The van der Waals surface area contributed by atoms with Crippen LogP contribution < -0.4 is 15.4 Å². The number of guanidine groups is 1. The number of nitrogens with one attached hydrogen (secondary N) is 3. The van der Waals surface area contributed by atoms with Gasteiger partial charge in [0.1, 0.15) is 5.75 Å². The van der Waals surface area contributed by atoms with Crippen LogP contribution in [0, 0.1) is 19.8 Å². The third kappa shape index (κ3) is 5.81. The molecule has 0 fully saturated rings. The lowest BCUT2D eigenvalue weighted by Gasteiger charge is -2.14. The normalized spacial score (nSPS) is 12.6. The molecule has 0 aliphatic rings. The van der Waals surface area contributed by atoms with Gasteiger partial charge in [0, 0.05) is 47.0 Å². The maximum absolute atomic E-state index is 12.4. The minimum absolute atomic E-state index is 0.0858. The Morgan fingerprint density at radius 1 is 1.23 bits per heavy atom. The molecule has 8 nitrogen and oxygen atoms in total. The van der Waals surface area contributed by atoms with Gasteiger partial charge in [0.25, 0.3) is 0 Å². The number of nitrogens with zero attached hydrogens (tertiary/aromatic N) is 3. The van der Waals surface area contributed by atoms with Crippen LogP contribution in [0.5, 0.6) is 5.75 Å². The first-order chi connectivity index (χ1) is 14.9. The van der Waals surface area contributed by atoms with Gasteiger partial charge in [0.15, 0.2) is 0 Å². The van der Waals surface area contributed by atoms with Crippen molar-refractivity contribution in [2.24, 2.45) is 10.9 Å². The Kier molecular flexibility index (Phi) is 7.23. The Bertz CT molecular complexity index is 1070. The minimum Gasteiger partial charge on any atom is -0.497 e. The average molecular weight is 423 g/mol. The van der Waals surface area contributed by atoms with Gasteiger partial charge in [-0.3, -0.25) is 20.4 Å². The van der Waals surface area contributed by atoms with E-state index in [0.717, 1.165) is 40.0 Å². The van der Waals surface area contributed by atoms with Gasteiger partial charge in [-0.2, -0.15) is 0 Å². The number of aromatic amines is 1. The van der Waals surface area contributed by atoms with Crippen molar-refractivity contribution in [2.75, 3.05) is 19.0 Å². The van der Waals surface area contributed by atoms with Gasteiger partial charge in [-0.05, 0) is 50.5 Å². The molecule has 0 spiro atoms. The third-order valence-electron chi connectivity index (χ3n) is 5.14. The second-order valence-electron chi connectivity index (χ2n) is 7.60. The number of methoxy groups -OCH3 is 1. The number of anilines is 1. The lowest BCUT2D eigenvalue weighted by atomic mass is 10.1. The summed E-state index contributed by atoms with van der Waals surface area (Å²) in [4.78, 5) is 29.1. The van der Waals surface area contributed by atoms with Crippen LogP contribution in [0.1, 0.15) is 37.2 Å². The molecule has 1 atom stereocenters. The van der Waals surface area contributed by atoms with Gasteiger partial charge in [0.2, 0.25) is 17.8 Å². The van der Waals surface area contributed by atoms with E-state index in [-0.39, 0.29) is 11.8 Å². The Morgan fingerprint density at radius 3 is 2.65 bits per heavy atom. The van der Waals surface area contributed by atoms with E-state index in [1.54, 1.807) is 7.11 Å². The molecule has 0 radical (unpaired) electrons. The van der Waals surface area contributed by atoms with Crippen molar-refractivity contribution in [3.8, 4) is 5.75 Å². The van der Waals surface area contributed by atoms with Crippen molar-refractivity contribution in [1.29, 1.82) is 0 Å². The summed E-state index contributed by atoms with van der Waals surface area (Å²) in [6.07, 6.45) is 3.44. The molecule has 2 aromatic heterocycles. The van der Waals surface area contributed by atoms with Crippen LogP contribution in [0.4, 0.5) is 5.95 Å². The SMILES string of the molecule is CC[C@@H](C)C(=O)NC(=NCCc1c[nH]c2cc(OC)ccc12)Nc1nc(C)cc(C)n1. The predicted octanol–water partition coefficient (Wildman–Crippen LogP) is 3.76. The molecule has 2 heterocycles. The average Bonchev–Trinajstić information content (AvgIpc) is 3.14. The van der Waals surface area contributed by atoms with Crippen LogP contribution >= 0.6 is 0 Å². The number of hydrogen-bond donors (Lipinski definition) is 3. The van der Waals surface area contributed by atoms with Crippen molar-refractivity contribution in [3.05, 3.63) is 47.4 Å². The minimum atomic E-state index is -0.115. The number of carbonyl (C=O) groups excluding carboxylic acids is 1. The van der Waals surface area contributed by atoms with Gasteiger partial charge in [-0.1, -0.05) is 13.8 Å². The molecule has 0 saturated heterocycles. The molecular weight excluding hydrogens is 392 g/mol. The van der Waals surface area contributed by atoms with Crippen LogP contribution in [0.25, 0.3) is 10.9 Å². The Morgan fingerprint density at radius 2 is 1.97 bits per heavy atom. The number of rotatable bonds is 7. The number of hydrogen-bond acceptors (Lipinski definition) is 5. The molecule has 1 amide bonds. The van der Waals surface area contributed by atoms with E-state index in [9.17, 15) is 4.79 Å². The molecule has 0 saturated carbocycles. The summed E-state index contributed by atoms with van der Waals surface area (Å²) in [7, 11) is 1.65. The van der Waals surface area contributed by atoms with E-state index in [1.165, 1.54) is 0 Å². The highest BCUT2D eigenvalue weighted by atomic mass is 16.5. The van der Waals surface area contributed by atoms with Crippen molar-refractivity contribution < 1.29 is 9.53 Å². The van der Waals surface area contributed by atoms with E-state index in [0.29, 0.717) is 24.9 Å². The highest BCUT2D eigenvalue weighted by Gasteiger charge is 2.14. The summed E-state index contributed by atoms with van der Waals surface area (Å²) in [5, 5.41) is 7.09. The van der Waals surface area contributed by atoms with E-state index >= 15 is 0 Å². The monoisotopic (exact) mass is 422 g/mol. The van der Waals surface area contributed by atoms with E-state index in [1.807, 2.05) is 58.2 Å². The molecule has 0 unspecified atom stereocenters. The Hall–Kier alpha value is -3.42. The van der Waals surface area contributed by atoms with E-state index in [2.05, 4.69) is 30.6 Å². The number of ether oxygens (including phenoxy) is 1. The first-order valence-electron chi connectivity index (χ1n) is 10.5. The number of benzene rings is 1. The highest BCUT2D eigenvalue weighted by molar-refractivity contribution is 6.04. The number of aryl methyl sites for hydroxylation is 2. The Labute approximate surface area is 182 Å². The maximum atomic E-state index is 12.4. The summed E-state index contributed by atoms with van der Waals surface area (Å²) in [6, 6.07) is 7.85. The van der Waals surface area contributed by atoms with Gasteiger partial charge in [-0.25, -0.2) is 9.97 Å². The van der Waals surface area contributed by atoms with Gasteiger partial charge >= 0.3 is 0 Å². The molecule has 164 valence electrons. The molecule has 0 bridgehead atoms. The number of aromatic nitrogens is 3. The second-order valence-corrected chi connectivity index (χ2v) is 7.60. The molecule has 0 aliphatic carbocycles. The molecule has 31 heavy (non-hydrogen) atoms. The number of H-pyrrole nitrogens is 1. The smallest absolute Gasteiger partial charge is 0.229 e. The zero-order valence-electron chi connectivity index (χ0n) is 18.7. The number of fused-ring (bicyclic) bond motifs is 1. The van der Waals surface area contributed by atoms with E-state index in [4.69, 9.17) is 4.74 Å². The Balaban J connectivity index is 1.77. The summed E-state index contributed by atoms with van der Waals surface area (Å²) in [6.45, 7) is 8.17. The lowest BCUT2D eigenvalue weighted by Crippen LogP contribution is -2.39. The lowest BCUT2D eigenvalue weighted by molar-refractivity contribution is -0.123. The van der Waals surface area contributed by atoms with E-state index < -0.39 is 0 Å². The van der Waals surface area contributed by atoms with Crippen LogP contribution in [0.15, 0.2) is 35.5 Å². The highest BCUT2D eigenvalue weighted by Crippen LogP contribution is 2.23. The molecule has 3 N–H and O–H groups in total. The summed E-state index contributed by atoms with van der Waals surface area (Å²) >= 11 is 0. The molecular formula is C23H30N6O2. The second kappa shape index (κ2) is 10.1. The largest absolute Gasteiger partial charge is 0.497 e. The van der Waals surface area contributed by atoms with Gasteiger partial charge in [-0.15, -0.1) is 0 Å². The molecule has 1 aromatic carbocycles. The third-order valence-corrected chi connectivity index (χ3v) is 5.14. The first kappa shape index (κ1) is 22.3. The van der Waals surface area contributed by atoms with Gasteiger partial charge in [0.05, 0.1) is 7.11 Å². The van der Waals surface area contributed by atoms with Crippen molar-refractivity contribution in [1.82, 2.24) is 20.3 Å². The van der Waals surface area contributed by atoms with Crippen molar-refractivity contribution in [2.45, 2.75) is 40.5 Å². The number of amides is 1. The predicted molar refractivity (Wildman–Crippen MR) is 124 cm³/mol. The molecule has 3 rings (SSSR count). The number of aliphatic imine (C=N–C) groups is 1. The topological polar surface area (TPSA) is 104 Å². The van der Waals surface area contributed by atoms with Crippen LogP contribution in [-0.4, -0.2) is 40.5 Å². The van der Waals surface area contributed by atoms with Crippen molar-refractivity contribution >= 4 is 28.7 Å². The summed E-state index contributed by atoms with van der Waals surface area (Å²) < 4.78 is 5.28. The fourth-order valence-electron chi connectivity index (χ4n) is 3.21. The molecule has 3 aromatic rings. The fraction of sp³-hybridized carbons (Fsp3) is 0.391. The summed E-state index contributed by atoms with van der Waals surface area (Å²) in [5.41, 5.74) is 3.86. The zero-order valence-corrected chi connectivity index (χ0v) is 18.7. The van der Waals surface area contributed by atoms with Crippen molar-refractivity contribution in [3.63, 3.8) is 0 Å². The maximum Gasteiger partial charge on any atom is 0.229 e. The standard InChI is InChI=1S/C23H30N6O2/c1-6-14(2)21(30)28-22(29-23-26-15(3)11-16(4)27-23)24-10-9-17-13-25-20-12-18(31-5)7-8-19(17)20/h7-8,11-14,25H,6,9-10H2,1-5H3,(H2,24,26,27,28,29,30)/t14-/m1/s1. The molecule has 8 heteroatoms. The van der Waals surface area contributed by atoms with Crippen LogP contribution in [0.2, 0.25) is 0 Å².